The molecule has 0 aromatic heterocycles. The van der Waals surface area contributed by atoms with Gasteiger partial charge in [0.25, 0.3) is 0 Å². The molecular weight excluding hydrogens is 270 g/mol. The molecule has 0 unspecified atom stereocenters. The van der Waals surface area contributed by atoms with Crippen molar-refractivity contribution in [3.8, 4) is 0 Å². The van der Waals surface area contributed by atoms with Crippen molar-refractivity contribution in [1.82, 2.24) is 5.32 Å². The molecule has 0 aromatic carbocycles. The molecule has 86 valence electrons. The molecule has 1 amide bonds. The molecule has 1 atom stereocenters. The Morgan fingerprint density at radius 3 is 2.47 bits per heavy atom. The van der Waals surface area contributed by atoms with E-state index in [4.69, 9.17) is 5.11 Å². The van der Waals surface area contributed by atoms with Gasteiger partial charge in [0, 0.05) is 11.8 Å². The summed E-state index contributed by atoms with van der Waals surface area (Å²) in [7, 11) is 1.13. The number of carboxylic acid groups (broad SMARTS) is 1. The molecule has 0 bridgehead atoms. The number of carbonyl (C=O) groups is 3. The number of nitrogens with one attached hydrogen (secondary N) is 1. The number of halogens is 1. The molecule has 0 radical (unpaired) electrons. The van der Waals surface area contributed by atoms with Crippen molar-refractivity contribution in [3.05, 3.63) is 0 Å². The van der Waals surface area contributed by atoms with Gasteiger partial charge >= 0.3 is 11.9 Å². The number of alkyl halides is 1. The minimum Gasteiger partial charge on any atom is -0.481 e. The Morgan fingerprint density at radius 2 is 2.07 bits per heavy atom. The lowest BCUT2D eigenvalue weighted by molar-refractivity contribution is -0.149. The van der Waals surface area contributed by atoms with Crippen LogP contribution in [-0.4, -0.2) is 41.4 Å². The third-order valence-electron chi connectivity index (χ3n) is 1.52. The number of methoxy groups -OCH3 is 1. The second-order valence-electron chi connectivity index (χ2n) is 2.68. The molecule has 0 aliphatic heterocycles. The van der Waals surface area contributed by atoms with Crippen molar-refractivity contribution < 1.29 is 24.2 Å². The molecule has 0 aromatic rings. The molecule has 6 nitrogen and oxygen atoms in total. The summed E-state index contributed by atoms with van der Waals surface area (Å²) >= 11 is 3.05. The highest BCUT2D eigenvalue weighted by Gasteiger charge is 2.23. The van der Waals surface area contributed by atoms with E-state index in [1.807, 2.05) is 0 Å². The van der Waals surface area contributed by atoms with Gasteiger partial charge in [0.1, 0.15) is 6.04 Å². The Bertz CT molecular complexity index is 255. The molecule has 0 heterocycles. The summed E-state index contributed by atoms with van der Waals surface area (Å²) in [5, 5.41) is 11.2. The molecule has 0 aliphatic carbocycles. The van der Waals surface area contributed by atoms with Gasteiger partial charge in [-0.1, -0.05) is 15.9 Å². The van der Waals surface area contributed by atoms with E-state index in [-0.39, 0.29) is 6.42 Å². The normalized spacial score (nSPS) is 11.6. The summed E-state index contributed by atoms with van der Waals surface area (Å²) in [6.07, 6.45) is -0.312. The van der Waals surface area contributed by atoms with E-state index in [1.165, 1.54) is 0 Å². The van der Waals surface area contributed by atoms with Crippen molar-refractivity contribution in [2.45, 2.75) is 18.9 Å². The highest BCUT2D eigenvalue weighted by atomic mass is 79.9. The van der Waals surface area contributed by atoms with Gasteiger partial charge in [0.05, 0.1) is 13.5 Å². The van der Waals surface area contributed by atoms with E-state index in [0.717, 1.165) is 7.11 Å². The molecule has 0 saturated heterocycles. The van der Waals surface area contributed by atoms with E-state index in [2.05, 4.69) is 26.0 Å². The lowest BCUT2D eigenvalue weighted by atomic mass is 10.2. The van der Waals surface area contributed by atoms with Crippen LogP contribution in [0.25, 0.3) is 0 Å². The summed E-state index contributed by atoms with van der Waals surface area (Å²) in [6.45, 7) is 0. The van der Waals surface area contributed by atoms with E-state index >= 15 is 0 Å². The van der Waals surface area contributed by atoms with Crippen LogP contribution in [0, 0.1) is 0 Å². The van der Waals surface area contributed by atoms with Gasteiger partial charge in [-0.2, -0.15) is 0 Å². The lowest BCUT2D eigenvalue weighted by Gasteiger charge is -2.13. The molecule has 0 aliphatic rings. The van der Waals surface area contributed by atoms with Gasteiger partial charge in [0.2, 0.25) is 5.91 Å². The van der Waals surface area contributed by atoms with Crippen molar-refractivity contribution >= 4 is 33.8 Å². The van der Waals surface area contributed by atoms with Crippen LogP contribution in [0.4, 0.5) is 0 Å². The molecular formula is C8H12BrNO5. The summed E-state index contributed by atoms with van der Waals surface area (Å²) in [5.41, 5.74) is 0. The van der Waals surface area contributed by atoms with E-state index in [0.29, 0.717) is 5.33 Å². The smallest absolute Gasteiger partial charge is 0.328 e. The summed E-state index contributed by atoms with van der Waals surface area (Å²) < 4.78 is 4.36. The molecule has 0 spiro atoms. The Morgan fingerprint density at radius 1 is 1.47 bits per heavy atom. The second kappa shape index (κ2) is 7.22. The maximum absolute atomic E-state index is 11.1. The van der Waals surface area contributed by atoms with Gasteiger partial charge < -0.3 is 15.2 Å². The van der Waals surface area contributed by atoms with Crippen LogP contribution in [0.3, 0.4) is 0 Å². The quantitative estimate of drug-likeness (QED) is 0.524. The average molecular weight is 282 g/mol. The van der Waals surface area contributed by atoms with Crippen molar-refractivity contribution in [3.63, 3.8) is 0 Å². The Kier molecular flexibility index (Phi) is 6.68. The zero-order valence-corrected chi connectivity index (χ0v) is 9.74. The summed E-state index contributed by atoms with van der Waals surface area (Å²) in [6, 6.07) is -1.13. The van der Waals surface area contributed by atoms with Crippen LogP contribution in [0.15, 0.2) is 0 Å². The molecule has 7 heteroatoms. The van der Waals surface area contributed by atoms with Gasteiger partial charge in [-0.05, 0) is 0 Å². The Balaban J connectivity index is 4.30. The first kappa shape index (κ1) is 13.9. The zero-order valence-electron chi connectivity index (χ0n) is 8.16. The first-order chi connectivity index (χ1) is 7.01. The van der Waals surface area contributed by atoms with Gasteiger partial charge in [-0.25, -0.2) is 4.79 Å². The van der Waals surface area contributed by atoms with Gasteiger partial charge in [-0.15, -0.1) is 0 Å². The number of esters is 1. The first-order valence-electron chi connectivity index (χ1n) is 4.16. The zero-order chi connectivity index (χ0) is 11.8. The number of carboxylic acids is 1. The lowest BCUT2D eigenvalue weighted by Crippen LogP contribution is -2.42. The third kappa shape index (κ3) is 6.05. The number of aliphatic carboxylic acids is 1. The van der Waals surface area contributed by atoms with E-state index in [1.54, 1.807) is 0 Å². The predicted molar refractivity (Wildman–Crippen MR) is 54.6 cm³/mol. The third-order valence-corrected chi connectivity index (χ3v) is 1.92. The van der Waals surface area contributed by atoms with Crippen LogP contribution < -0.4 is 5.32 Å². The fourth-order valence-corrected chi connectivity index (χ4v) is 1.22. The van der Waals surface area contributed by atoms with Crippen LogP contribution in [-0.2, 0) is 19.1 Å². The number of amides is 1. The largest absolute Gasteiger partial charge is 0.481 e. The van der Waals surface area contributed by atoms with E-state index in [9.17, 15) is 14.4 Å². The Hall–Kier alpha value is -1.11. The van der Waals surface area contributed by atoms with Crippen LogP contribution in [0.1, 0.15) is 12.8 Å². The average Bonchev–Trinajstić information content (AvgIpc) is 2.15. The maximum atomic E-state index is 11.1. The molecule has 0 saturated carbocycles. The highest BCUT2D eigenvalue weighted by molar-refractivity contribution is 9.09. The van der Waals surface area contributed by atoms with Crippen molar-refractivity contribution in [2.75, 3.05) is 12.4 Å². The Labute approximate surface area is 95.1 Å². The monoisotopic (exact) mass is 281 g/mol. The number of hydrogen-bond acceptors (Lipinski definition) is 4. The van der Waals surface area contributed by atoms with Crippen molar-refractivity contribution in [1.29, 1.82) is 0 Å². The maximum Gasteiger partial charge on any atom is 0.328 e. The number of ether oxygens (including phenoxy) is 1. The van der Waals surface area contributed by atoms with Crippen LogP contribution in [0.2, 0.25) is 0 Å². The van der Waals surface area contributed by atoms with Crippen LogP contribution >= 0.6 is 15.9 Å². The topological polar surface area (TPSA) is 92.7 Å². The minimum atomic E-state index is -1.18. The predicted octanol–water partition coefficient (Wildman–Crippen LogP) is -0.0961. The highest BCUT2D eigenvalue weighted by Crippen LogP contribution is 1.97. The molecule has 15 heavy (non-hydrogen) atoms. The summed E-state index contributed by atoms with van der Waals surface area (Å²) in [4.78, 5) is 32.6. The summed E-state index contributed by atoms with van der Waals surface area (Å²) in [5.74, 6) is -2.34. The fourth-order valence-electron chi connectivity index (χ4n) is 0.862. The van der Waals surface area contributed by atoms with Crippen LogP contribution in [0.5, 0.6) is 0 Å². The number of hydrogen-bond donors (Lipinski definition) is 2. The number of carbonyl (C=O) groups excluding carboxylic acids is 2. The van der Waals surface area contributed by atoms with Crippen molar-refractivity contribution in [2.24, 2.45) is 0 Å². The fraction of sp³-hybridized carbons (Fsp3) is 0.625. The second-order valence-corrected chi connectivity index (χ2v) is 3.47. The van der Waals surface area contributed by atoms with Gasteiger partial charge in [-0.3, -0.25) is 9.59 Å². The molecule has 0 rings (SSSR count). The van der Waals surface area contributed by atoms with Gasteiger partial charge in [0.15, 0.2) is 0 Å². The number of rotatable bonds is 6. The first-order valence-corrected chi connectivity index (χ1v) is 5.28. The molecule has 2 N–H and O–H groups in total. The van der Waals surface area contributed by atoms with E-state index < -0.39 is 30.3 Å². The standard InChI is InChI=1S/C8H12BrNO5/c1-15-8(14)5(4-7(12)13)10-6(11)2-3-9/h5H,2-4H2,1H3,(H,10,11)(H,12,13)/t5-/m0/s1. The SMILES string of the molecule is COC(=O)[C@H](CC(=O)O)NC(=O)CCBr. The molecule has 0 fully saturated rings. The minimum absolute atomic E-state index is 0.174.